The van der Waals surface area contributed by atoms with Crippen molar-refractivity contribution in [3.05, 3.63) is 27.2 Å². The second-order valence-corrected chi connectivity index (χ2v) is 3.45. The second kappa shape index (κ2) is 3.46. The maximum Gasteiger partial charge on any atom is 0.141 e. The van der Waals surface area contributed by atoms with E-state index in [2.05, 4.69) is 15.9 Å². The number of hydrogen-bond donors (Lipinski definition) is 0. The number of methoxy groups -OCH3 is 1. The molecule has 0 aliphatic carbocycles. The van der Waals surface area contributed by atoms with Crippen LogP contribution in [0.15, 0.2) is 16.6 Å². The fourth-order valence-electron chi connectivity index (χ4n) is 0.885. The second-order valence-electron chi connectivity index (χ2n) is 2.19. The lowest BCUT2D eigenvalue weighted by molar-refractivity contribution is 0.411. The Kier molecular flexibility index (Phi) is 2.79. The van der Waals surface area contributed by atoms with E-state index in [0.717, 1.165) is 15.8 Å². The van der Waals surface area contributed by atoms with Gasteiger partial charge >= 0.3 is 0 Å². The monoisotopic (exact) mass is 234 g/mol. The lowest BCUT2D eigenvalue weighted by Crippen LogP contribution is -1.88. The van der Waals surface area contributed by atoms with Gasteiger partial charge in [0.25, 0.3) is 0 Å². The van der Waals surface area contributed by atoms with Gasteiger partial charge in [-0.3, -0.25) is 0 Å². The number of halogens is 2. The van der Waals surface area contributed by atoms with Gasteiger partial charge in [0.15, 0.2) is 0 Å². The number of ether oxygens (including phenoxy) is 1. The van der Waals surface area contributed by atoms with Gasteiger partial charge in [0, 0.05) is 10.0 Å². The van der Waals surface area contributed by atoms with E-state index in [-0.39, 0.29) is 0 Å². The third kappa shape index (κ3) is 1.68. The first-order valence-corrected chi connectivity index (χ1v) is 4.32. The number of benzene rings is 1. The van der Waals surface area contributed by atoms with Crippen LogP contribution in [0.3, 0.4) is 0 Å². The van der Waals surface area contributed by atoms with E-state index >= 15 is 0 Å². The topological polar surface area (TPSA) is 9.23 Å². The molecule has 1 rings (SSSR count). The maximum absolute atomic E-state index is 5.86. The van der Waals surface area contributed by atoms with Gasteiger partial charge in [-0.25, -0.2) is 0 Å². The first kappa shape index (κ1) is 8.88. The number of hydrogen-bond acceptors (Lipinski definition) is 1. The Bertz CT molecular complexity index is 273. The van der Waals surface area contributed by atoms with E-state index in [1.165, 1.54) is 0 Å². The van der Waals surface area contributed by atoms with Gasteiger partial charge in [-0.15, -0.1) is 0 Å². The van der Waals surface area contributed by atoms with E-state index in [1.807, 2.05) is 13.0 Å². The minimum atomic E-state index is 0.646. The van der Waals surface area contributed by atoms with E-state index in [4.69, 9.17) is 16.3 Å². The largest absolute Gasteiger partial charge is 0.495 e. The van der Waals surface area contributed by atoms with Crippen LogP contribution in [0.25, 0.3) is 0 Å². The quantitative estimate of drug-likeness (QED) is 0.725. The first-order chi connectivity index (χ1) is 5.16. The van der Waals surface area contributed by atoms with Gasteiger partial charge in [-0.05, 0) is 19.1 Å². The van der Waals surface area contributed by atoms with Gasteiger partial charge in [0.05, 0.1) is 12.1 Å². The molecule has 1 aromatic rings. The summed E-state index contributed by atoms with van der Waals surface area (Å²) < 4.78 is 6.11. The summed E-state index contributed by atoms with van der Waals surface area (Å²) in [4.78, 5) is 0. The highest BCUT2D eigenvalue weighted by Crippen LogP contribution is 2.32. The Balaban J connectivity index is 3.29. The fraction of sp³-hybridized carbons (Fsp3) is 0.250. The van der Waals surface area contributed by atoms with Crippen molar-refractivity contribution >= 4 is 27.5 Å². The molecule has 60 valence electrons. The predicted octanol–water partition coefficient (Wildman–Crippen LogP) is 3.42. The van der Waals surface area contributed by atoms with Crippen LogP contribution < -0.4 is 4.74 Å². The van der Waals surface area contributed by atoms with Crippen LogP contribution in [-0.2, 0) is 0 Å². The lowest BCUT2D eigenvalue weighted by atomic mass is 10.2. The summed E-state index contributed by atoms with van der Waals surface area (Å²) in [6.07, 6.45) is 0. The average molecular weight is 236 g/mol. The van der Waals surface area contributed by atoms with Crippen LogP contribution in [0.5, 0.6) is 5.75 Å². The van der Waals surface area contributed by atoms with Crippen LogP contribution in [0, 0.1) is 6.92 Å². The molecule has 1 aromatic carbocycles. The molecule has 11 heavy (non-hydrogen) atoms. The Hall–Kier alpha value is -0.210. The van der Waals surface area contributed by atoms with E-state index in [1.54, 1.807) is 13.2 Å². The number of rotatable bonds is 1. The third-order valence-corrected chi connectivity index (χ3v) is 2.65. The normalized spacial score (nSPS) is 9.82. The first-order valence-electron chi connectivity index (χ1n) is 3.15. The van der Waals surface area contributed by atoms with Gasteiger partial charge in [0.2, 0.25) is 0 Å². The van der Waals surface area contributed by atoms with Crippen molar-refractivity contribution < 1.29 is 4.74 Å². The summed E-state index contributed by atoms with van der Waals surface area (Å²) in [7, 11) is 1.61. The Morgan fingerprint density at radius 3 is 2.55 bits per heavy atom. The van der Waals surface area contributed by atoms with Gasteiger partial charge < -0.3 is 4.74 Å². The van der Waals surface area contributed by atoms with Gasteiger partial charge in [-0.1, -0.05) is 27.5 Å². The summed E-state index contributed by atoms with van der Waals surface area (Å²) in [5.41, 5.74) is 1.03. The zero-order valence-electron chi connectivity index (χ0n) is 6.32. The van der Waals surface area contributed by atoms with Crippen LogP contribution >= 0.6 is 27.5 Å². The SMILES string of the molecule is COc1c(Cl)ccc(Br)c1C. The smallest absolute Gasteiger partial charge is 0.141 e. The van der Waals surface area contributed by atoms with E-state index < -0.39 is 0 Å². The lowest BCUT2D eigenvalue weighted by Gasteiger charge is -2.07. The Morgan fingerprint density at radius 1 is 1.45 bits per heavy atom. The molecule has 0 atom stereocenters. The van der Waals surface area contributed by atoms with Crippen LogP contribution in [0.1, 0.15) is 5.56 Å². The summed E-state index contributed by atoms with van der Waals surface area (Å²) in [6, 6.07) is 3.71. The average Bonchev–Trinajstić information content (AvgIpc) is 1.99. The molecule has 0 saturated carbocycles. The molecule has 0 spiro atoms. The van der Waals surface area contributed by atoms with Crippen molar-refractivity contribution in [2.45, 2.75) is 6.92 Å². The van der Waals surface area contributed by atoms with Crippen molar-refractivity contribution in [2.75, 3.05) is 7.11 Å². The highest BCUT2D eigenvalue weighted by atomic mass is 79.9. The molecule has 3 heteroatoms. The molecule has 0 amide bonds. The third-order valence-electron chi connectivity index (χ3n) is 1.50. The molecule has 0 fully saturated rings. The molecular formula is C8H8BrClO. The summed E-state index contributed by atoms with van der Waals surface area (Å²) in [5, 5.41) is 0.646. The molecule has 0 aliphatic heterocycles. The molecule has 0 unspecified atom stereocenters. The van der Waals surface area contributed by atoms with Crippen LogP contribution in [0.2, 0.25) is 5.02 Å². The predicted molar refractivity (Wildman–Crippen MR) is 50.4 cm³/mol. The van der Waals surface area contributed by atoms with Crippen molar-refractivity contribution in [3.63, 3.8) is 0 Å². The molecule has 0 bridgehead atoms. The van der Waals surface area contributed by atoms with Gasteiger partial charge in [-0.2, -0.15) is 0 Å². The summed E-state index contributed by atoms with van der Waals surface area (Å²) in [5.74, 6) is 0.737. The molecule has 0 N–H and O–H groups in total. The molecule has 0 radical (unpaired) electrons. The molecule has 1 nitrogen and oxygen atoms in total. The van der Waals surface area contributed by atoms with E-state index in [9.17, 15) is 0 Å². The molecule has 0 saturated heterocycles. The Morgan fingerprint density at radius 2 is 2.09 bits per heavy atom. The van der Waals surface area contributed by atoms with Crippen LogP contribution in [-0.4, -0.2) is 7.11 Å². The molecule has 0 aromatic heterocycles. The van der Waals surface area contributed by atoms with Crippen molar-refractivity contribution in [1.82, 2.24) is 0 Å². The van der Waals surface area contributed by atoms with Crippen LogP contribution in [0.4, 0.5) is 0 Å². The van der Waals surface area contributed by atoms with Gasteiger partial charge in [0.1, 0.15) is 5.75 Å². The Labute approximate surface area is 79.4 Å². The molecular weight excluding hydrogens is 227 g/mol. The maximum atomic E-state index is 5.86. The highest BCUT2D eigenvalue weighted by molar-refractivity contribution is 9.10. The highest BCUT2D eigenvalue weighted by Gasteiger charge is 2.05. The molecule has 0 heterocycles. The minimum absolute atomic E-state index is 0.646. The fourth-order valence-corrected chi connectivity index (χ4v) is 1.48. The van der Waals surface area contributed by atoms with E-state index in [0.29, 0.717) is 5.02 Å². The zero-order valence-corrected chi connectivity index (χ0v) is 8.66. The zero-order chi connectivity index (χ0) is 8.43. The summed E-state index contributed by atoms with van der Waals surface area (Å²) in [6.45, 7) is 1.95. The minimum Gasteiger partial charge on any atom is -0.495 e. The summed E-state index contributed by atoms with van der Waals surface area (Å²) >= 11 is 9.24. The van der Waals surface area contributed by atoms with Crippen molar-refractivity contribution in [1.29, 1.82) is 0 Å². The van der Waals surface area contributed by atoms with Crippen molar-refractivity contribution in [3.8, 4) is 5.75 Å². The van der Waals surface area contributed by atoms with Crippen molar-refractivity contribution in [2.24, 2.45) is 0 Å². The standard InChI is InChI=1S/C8H8BrClO/c1-5-6(9)3-4-7(10)8(5)11-2/h3-4H,1-2H3. The molecule has 0 aliphatic rings.